The van der Waals surface area contributed by atoms with Crippen LogP contribution < -0.4 is 5.69 Å². The number of pyridine rings is 1. The van der Waals surface area contributed by atoms with Gasteiger partial charge in [0.15, 0.2) is 15.5 Å². The van der Waals surface area contributed by atoms with Crippen molar-refractivity contribution < 1.29 is 8.42 Å². The van der Waals surface area contributed by atoms with Crippen molar-refractivity contribution in [3.05, 3.63) is 34.9 Å². The lowest BCUT2D eigenvalue weighted by molar-refractivity contribution is 0.568. The molecule has 2 heterocycles. The Morgan fingerprint density at radius 1 is 1.33 bits per heavy atom. The minimum Gasteiger partial charge on any atom is -0.250 e. The van der Waals surface area contributed by atoms with Crippen molar-refractivity contribution in [3.8, 4) is 0 Å². The van der Waals surface area contributed by atoms with Gasteiger partial charge >= 0.3 is 5.69 Å². The molecule has 98 valence electrons. The largest absolute Gasteiger partial charge is 0.350 e. The Labute approximate surface area is 105 Å². The third-order valence-electron chi connectivity index (χ3n) is 2.79. The maximum absolute atomic E-state index is 11.9. The normalized spacial score (nSPS) is 12.4. The number of nitrogens with zero attached hydrogens (tertiary/aromatic N) is 3. The Morgan fingerprint density at radius 2 is 2.06 bits per heavy atom. The Bertz CT molecular complexity index is 712. The van der Waals surface area contributed by atoms with Gasteiger partial charge in [0.1, 0.15) is 0 Å². The summed E-state index contributed by atoms with van der Waals surface area (Å²) in [4.78, 5) is 11.9. The molecular formula is C11H15N3O3S. The predicted octanol–water partition coefficient (Wildman–Crippen LogP) is 0.319. The first kappa shape index (κ1) is 12.8. The molecule has 0 unspecified atom stereocenters. The zero-order valence-corrected chi connectivity index (χ0v) is 11.1. The highest BCUT2D eigenvalue weighted by Crippen LogP contribution is 2.01. The van der Waals surface area contributed by atoms with Crippen LogP contribution in [0.4, 0.5) is 0 Å². The van der Waals surface area contributed by atoms with Crippen molar-refractivity contribution in [2.75, 3.05) is 5.75 Å². The molecule has 0 atom stereocenters. The minimum absolute atomic E-state index is 0.0749. The second-order valence-electron chi connectivity index (χ2n) is 4.35. The second kappa shape index (κ2) is 4.56. The highest BCUT2D eigenvalue weighted by molar-refractivity contribution is 7.91. The van der Waals surface area contributed by atoms with Gasteiger partial charge in [0.25, 0.3) is 0 Å². The molecule has 0 radical (unpaired) electrons. The van der Waals surface area contributed by atoms with Gasteiger partial charge in [0.05, 0.1) is 17.5 Å². The average molecular weight is 269 g/mol. The van der Waals surface area contributed by atoms with E-state index in [1.54, 1.807) is 38.2 Å². The predicted molar refractivity (Wildman–Crippen MR) is 68.4 cm³/mol. The van der Waals surface area contributed by atoms with E-state index in [0.717, 1.165) is 0 Å². The molecule has 0 aliphatic rings. The summed E-state index contributed by atoms with van der Waals surface area (Å²) >= 11 is 0. The van der Waals surface area contributed by atoms with E-state index in [4.69, 9.17) is 0 Å². The van der Waals surface area contributed by atoms with Crippen LogP contribution in [0.25, 0.3) is 5.65 Å². The number of aryl methyl sites for hydroxylation is 1. The first-order chi connectivity index (χ1) is 8.42. The van der Waals surface area contributed by atoms with Gasteiger partial charge in [-0.3, -0.25) is 4.40 Å². The fourth-order valence-corrected chi connectivity index (χ4v) is 2.46. The maximum atomic E-state index is 11.9. The molecule has 0 aliphatic carbocycles. The van der Waals surface area contributed by atoms with Crippen molar-refractivity contribution >= 4 is 15.5 Å². The molecule has 0 bridgehead atoms. The molecule has 0 aromatic carbocycles. The summed E-state index contributed by atoms with van der Waals surface area (Å²) in [7, 11) is -3.16. The van der Waals surface area contributed by atoms with Crippen LogP contribution in [0.2, 0.25) is 0 Å². The fourth-order valence-electron chi connectivity index (χ4n) is 1.56. The van der Waals surface area contributed by atoms with E-state index in [1.165, 1.54) is 9.08 Å². The van der Waals surface area contributed by atoms with E-state index in [2.05, 4.69) is 5.10 Å². The van der Waals surface area contributed by atoms with Gasteiger partial charge in [-0.2, -0.15) is 0 Å². The standard InChI is InChI=1S/C11H15N3O3S/c1-9(2)18(16,17)8-7-14-11(15)13-6-4-3-5-10(13)12-14/h3-6,9H,7-8H2,1-2H3. The second-order valence-corrected chi connectivity index (χ2v) is 7.03. The third-order valence-corrected chi connectivity index (χ3v) is 4.98. The number of fused-ring (bicyclic) bond motifs is 1. The van der Waals surface area contributed by atoms with Gasteiger partial charge in [-0.25, -0.2) is 17.9 Å². The number of rotatable bonds is 4. The summed E-state index contributed by atoms with van der Waals surface area (Å²) in [6.45, 7) is 3.34. The molecule has 6 nitrogen and oxygen atoms in total. The SMILES string of the molecule is CC(C)S(=O)(=O)CCn1nc2ccccn2c1=O. The molecule has 0 fully saturated rings. The quantitative estimate of drug-likeness (QED) is 0.801. The summed E-state index contributed by atoms with van der Waals surface area (Å²) in [6, 6.07) is 5.21. The molecule has 2 aromatic heterocycles. The van der Waals surface area contributed by atoms with Crippen LogP contribution in [0.3, 0.4) is 0 Å². The molecule has 2 rings (SSSR count). The molecular weight excluding hydrogens is 254 g/mol. The lowest BCUT2D eigenvalue weighted by atomic mass is 10.5. The summed E-state index contributed by atoms with van der Waals surface area (Å²) in [5, 5.41) is 3.64. The zero-order valence-electron chi connectivity index (χ0n) is 10.3. The van der Waals surface area contributed by atoms with E-state index in [1.807, 2.05) is 0 Å². The summed E-state index contributed by atoms with van der Waals surface area (Å²) < 4.78 is 25.9. The average Bonchev–Trinajstić information content (AvgIpc) is 2.64. The summed E-state index contributed by atoms with van der Waals surface area (Å²) in [6.07, 6.45) is 1.61. The van der Waals surface area contributed by atoms with Crippen molar-refractivity contribution in [3.63, 3.8) is 0 Å². The molecule has 7 heteroatoms. The topological polar surface area (TPSA) is 73.4 Å². The van der Waals surface area contributed by atoms with Crippen LogP contribution in [0.5, 0.6) is 0 Å². The highest BCUT2D eigenvalue weighted by atomic mass is 32.2. The van der Waals surface area contributed by atoms with Gasteiger partial charge in [-0.15, -0.1) is 5.10 Å². The van der Waals surface area contributed by atoms with Crippen LogP contribution in [0.15, 0.2) is 29.2 Å². The maximum Gasteiger partial charge on any atom is 0.350 e. The number of hydrogen-bond donors (Lipinski definition) is 0. The molecule has 18 heavy (non-hydrogen) atoms. The Balaban J connectivity index is 2.29. The first-order valence-corrected chi connectivity index (χ1v) is 7.39. The van der Waals surface area contributed by atoms with Crippen molar-refractivity contribution in [1.82, 2.24) is 14.2 Å². The van der Waals surface area contributed by atoms with Crippen LogP contribution >= 0.6 is 0 Å². The monoisotopic (exact) mass is 269 g/mol. The molecule has 0 aliphatic heterocycles. The van der Waals surface area contributed by atoms with E-state index < -0.39 is 15.1 Å². The van der Waals surface area contributed by atoms with Gasteiger partial charge < -0.3 is 0 Å². The lowest BCUT2D eigenvalue weighted by Crippen LogP contribution is -2.27. The van der Waals surface area contributed by atoms with Gasteiger partial charge in [0, 0.05) is 6.20 Å². The van der Waals surface area contributed by atoms with Crippen LogP contribution in [-0.2, 0) is 16.4 Å². The smallest absolute Gasteiger partial charge is 0.250 e. The Kier molecular flexibility index (Phi) is 3.25. The van der Waals surface area contributed by atoms with E-state index in [-0.39, 0.29) is 18.0 Å². The minimum atomic E-state index is -3.16. The van der Waals surface area contributed by atoms with E-state index in [9.17, 15) is 13.2 Å². The van der Waals surface area contributed by atoms with Crippen LogP contribution in [0.1, 0.15) is 13.8 Å². The molecule has 0 spiro atoms. The number of aromatic nitrogens is 3. The molecule has 0 saturated heterocycles. The Hall–Kier alpha value is -1.63. The van der Waals surface area contributed by atoms with E-state index in [0.29, 0.717) is 5.65 Å². The third kappa shape index (κ3) is 2.31. The van der Waals surface area contributed by atoms with Gasteiger partial charge in [0.2, 0.25) is 0 Å². The first-order valence-electron chi connectivity index (χ1n) is 5.67. The van der Waals surface area contributed by atoms with Gasteiger partial charge in [-0.1, -0.05) is 6.07 Å². The lowest BCUT2D eigenvalue weighted by Gasteiger charge is -2.06. The summed E-state index contributed by atoms with van der Waals surface area (Å²) in [5.74, 6) is -0.0749. The molecule has 0 amide bonds. The van der Waals surface area contributed by atoms with Crippen LogP contribution in [0, 0.1) is 0 Å². The number of hydrogen-bond acceptors (Lipinski definition) is 4. The molecule has 0 N–H and O–H groups in total. The van der Waals surface area contributed by atoms with Crippen molar-refractivity contribution in [2.45, 2.75) is 25.6 Å². The van der Waals surface area contributed by atoms with Crippen molar-refractivity contribution in [2.24, 2.45) is 0 Å². The summed E-state index contributed by atoms with van der Waals surface area (Å²) in [5.41, 5.74) is 0.203. The highest BCUT2D eigenvalue weighted by Gasteiger charge is 2.17. The fraction of sp³-hybridized carbons (Fsp3) is 0.455. The van der Waals surface area contributed by atoms with Gasteiger partial charge in [-0.05, 0) is 26.0 Å². The van der Waals surface area contributed by atoms with E-state index >= 15 is 0 Å². The zero-order chi connectivity index (χ0) is 13.3. The molecule has 2 aromatic rings. The van der Waals surface area contributed by atoms with Crippen molar-refractivity contribution in [1.29, 1.82) is 0 Å². The number of sulfone groups is 1. The molecule has 0 saturated carbocycles. The van der Waals surface area contributed by atoms with Crippen LogP contribution in [-0.4, -0.2) is 33.6 Å². The Morgan fingerprint density at radius 3 is 2.67 bits per heavy atom.